The van der Waals surface area contributed by atoms with E-state index in [4.69, 9.17) is 4.74 Å². The number of hydrogen-bond donors (Lipinski definition) is 0. The summed E-state index contributed by atoms with van der Waals surface area (Å²) in [7, 11) is 0. The van der Waals surface area contributed by atoms with Crippen LogP contribution in [0.25, 0.3) is 0 Å². The van der Waals surface area contributed by atoms with Gasteiger partial charge in [-0.2, -0.15) is 30.3 Å². The summed E-state index contributed by atoms with van der Waals surface area (Å²) in [6.07, 6.45) is 0.301. The van der Waals surface area contributed by atoms with Gasteiger partial charge in [0.1, 0.15) is 0 Å². The molecule has 13 heavy (non-hydrogen) atoms. The summed E-state index contributed by atoms with van der Waals surface area (Å²) in [5.74, 6) is 0. The summed E-state index contributed by atoms with van der Waals surface area (Å²) in [5, 5.41) is 0. The van der Waals surface area contributed by atoms with Crippen molar-refractivity contribution in [3.8, 4) is 0 Å². The van der Waals surface area contributed by atoms with E-state index in [0.29, 0.717) is 12.7 Å². The van der Waals surface area contributed by atoms with Crippen LogP contribution in [0.4, 0.5) is 0 Å². The van der Waals surface area contributed by atoms with Crippen LogP contribution in [0, 0.1) is 6.07 Å². The summed E-state index contributed by atoms with van der Waals surface area (Å²) >= 11 is 4.25. The fourth-order valence-electron chi connectivity index (χ4n) is 0.783. The van der Waals surface area contributed by atoms with E-state index in [-0.39, 0.29) is 0 Å². The van der Waals surface area contributed by atoms with Crippen LogP contribution < -0.4 is 0 Å². The van der Waals surface area contributed by atoms with Gasteiger partial charge in [0.05, 0.1) is 6.10 Å². The molecule has 1 aromatic carbocycles. The van der Waals surface area contributed by atoms with Crippen LogP contribution in [0.2, 0.25) is 0 Å². The molecule has 0 N–H and O–H groups in total. The Balaban J connectivity index is 0.000000671. The molecule has 3 heteroatoms. The first kappa shape index (κ1) is 13.3. The van der Waals surface area contributed by atoms with Crippen molar-refractivity contribution in [3.63, 3.8) is 0 Å². The molecule has 0 atom stereocenters. The molecule has 0 aliphatic carbocycles. The van der Waals surface area contributed by atoms with Gasteiger partial charge in [-0.15, -0.1) is 5.56 Å². The average molecular weight is 295 g/mol. The van der Waals surface area contributed by atoms with Crippen LogP contribution in [0.1, 0.15) is 19.4 Å². The quantitative estimate of drug-likeness (QED) is 0.614. The van der Waals surface area contributed by atoms with Gasteiger partial charge in [0, 0.05) is 6.61 Å². The fraction of sp³-hybridized carbons (Fsp3) is 0.400. The van der Waals surface area contributed by atoms with Gasteiger partial charge in [-0.1, -0.05) is 0 Å². The average Bonchev–Trinajstić information content (AvgIpc) is 2.19. The molecule has 0 aliphatic rings. The molecule has 0 unspecified atom stereocenters. The summed E-state index contributed by atoms with van der Waals surface area (Å²) in [6.45, 7) is 4.76. The summed E-state index contributed by atoms with van der Waals surface area (Å²) < 4.78 is 5.41. The molecule has 0 bridgehead atoms. The molecule has 1 aromatic rings. The molecule has 0 aromatic heterocycles. The van der Waals surface area contributed by atoms with E-state index in [0.717, 1.165) is 0 Å². The Labute approximate surface area is 96.9 Å². The Morgan fingerprint density at radius 1 is 1.54 bits per heavy atom. The first-order chi connectivity index (χ1) is 6.29. The zero-order chi connectivity index (χ0) is 10.1. The van der Waals surface area contributed by atoms with E-state index < -0.39 is 0 Å². The van der Waals surface area contributed by atoms with Crippen LogP contribution in [-0.4, -0.2) is 6.10 Å². The number of halogens is 1. The van der Waals surface area contributed by atoms with Crippen molar-refractivity contribution in [1.82, 2.24) is 0 Å². The molecule has 1 rings (SSSR count). The van der Waals surface area contributed by atoms with Crippen molar-refractivity contribution in [2.45, 2.75) is 26.6 Å². The summed E-state index contributed by atoms with van der Waals surface area (Å²) in [6, 6.07) is 10.9. The summed E-state index contributed by atoms with van der Waals surface area (Å²) in [4.78, 5) is 0. The maximum atomic E-state index is 5.41. The Morgan fingerprint density at radius 3 is 2.69 bits per heavy atom. The molecule has 0 spiro atoms. The Kier molecular flexibility index (Phi) is 9.06. The van der Waals surface area contributed by atoms with Crippen molar-refractivity contribution < 1.29 is 21.1 Å². The molecular formula is C10H13BrOZn. The molecule has 0 radical (unpaired) electrons. The molecule has 0 heterocycles. The molecular weight excluding hydrogens is 281 g/mol. The van der Waals surface area contributed by atoms with Crippen molar-refractivity contribution in [1.29, 1.82) is 0 Å². The molecule has 0 fully saturated rings. The SMILES string of the molecule is CC(C)OCc1c[c-]ccc1.[Zn+][Br]. The van der Waals surface area contributed by atoms with Crippen molar-refractivity contribution >= 4 is 13.6 Å². The fourth-order valence-corrected chi connectivity index (χ4v) is 0.783. The topological polar surface area (TPSA) is 9.23 Å². The minimum absolute atomic E-state index is 0.301. The Morgan fingerprint density at radius 2 is 2.23 bits per heavy atom. The number of ether oxygens (including phenoxy) is 1. The molecule has 0 saturated carbocycles. The maximum absolute atomic E-state index is 5.41. The van der Waals surface area contributed by atoms with Gasteiger partial charge in [0.15, 0.2) is 0 Å². The van der Waals surface area contributed by atoms with Crippen molar-refractivity contribution in [2.24, 2.45) is 0 Å². The Hall–Kier alpha value is 0.283. The molecule has 0 aliphatic heterocycles. The van der Waals surface area contributed by atoms with Crippen LogP contribution in [-0.2, 0) is 27.7 Å². The molecule has 0 amide bonds. The second-order valence-electron chi connectivity index (χ2n) is 2.77. The standard InChI is InChI=1S/C10H13O.BrH.Zn/c1-9(2)11-8-10-6-4-3-5-7-10;;/h3-4,6-7,9H,8H2,1-2H3;1H;/q-1;;+2/p-1. The molecule has 1 nitrogen and oxygen atoms in total. The zero-order valence-electron chi connectivity index (χ0n) is 8.09. The second-order valence-corrected chi connectivity index (χ2v) is 2.77. The monoisotopic (exact) mass is 292 g/mol. The third kappa shape index (κ3) is 7.36. The number of benzene rings is 1. The molecule has 68 valence electrons. The zero-order valence-corrected chi connectivity index (χ0v) is 12.6. The van der Waals surface area contributed by atoms with Crippen molar-refractivity contribution in [2.75, 3.05) is 0 Å². The van der Waals surface area contributed by atoms with Crippen molar-refractivity contribution in [3.05, 3.63) is 35.9 Å². The van der Waals surface area contributed by atoms with E-state index >= 15 is 0 Å². The van der Waals surface area contributed by atoms with Gasteiger partial charge in [-0.25, -0.2) is 0 Å². The van der Waals surface area contributed by atoms with E-state index in [9.17, 15) is 0 Å². The predicted molar refractivity (Wildman–Crippen MR) is 54.1 cm³/mol. The van der Waals surface area contributed by atoms with Gasteiger partial charge in [0.2, 0.25) is 0 Å². The summed E-state index contributed by atoms with van der Waals surface area (Å²) in [5.41, 5.74) is 1.18. The van der Waals surface area contributed by atoms with Gasteiger partial charge >= 0.3 is 30.0 Å². The number of hydrogen-bond acceptors (Lipinski definition) is 1. The van der Waals surface area contributed by atoms with E-state index in [2.05, 4.69) is 19.7 Å². The first-order valence-corrected chi connectivity index (χ1v) is 11.1. The predicted octanol–water partition coefficient (Wildman–Crippen LogP) is 3.25. The normalized spacial score (nSPS) is 9.38. The van der Waals surface area contributed by atoms with Gasteiger partial charge in [0.25, 0.3) is 0 Å². The van der Waals surface area contributed by atoms with Crippen LogP contribution in [0.3, 0.4) is 0 Å². The first-order valence-electron chi connectivity index (χ1n) is 4.12. The second kappa shape index (κ2) is 8.86. The van der Waals surface area contributed by atoms with E-state index in [1.807, 2.05) is 38.1 Å². The van der Waals surface area contributed by atoms with Crippen LogP contribution in [0.5, 0.6) is 0 Å². The Bertz CT molecular complexity index is 201. The van der Waals surface area contributed by atoms with Gasteiger partial charge in [-0.05, 0) is 13.8 Å². The van der Waals surface area contributed by atoms with E-state index in [1.54, 1.807) is 0 Å². The third-order valence-electron chi connectivity index (χ3n) is 1.35. The minimum atomic E-state index is 0.301. The van der Waals surface area contributed by atoms with E-state index in [1.165, 1.54) is 21.9 Å². The third-order valence-corrected chi connectivity index (χ3v) is 1.35. The van der Waals surface area contributed by atoms with Crippen LogP contribution >= 0.6 is 13.6 Å². The van der Waals surface area contributed by atoms with Crippen LogP contribution in [0.15, 0.2) is 24.3 Å². The van der Waals surface area contributed by atoms with Gasteiger partial charge < -0.3 is 4.74 Å². The molecule has 0 saturated heterocycles. The van der Waals surface area contributed by atoms with Gasteiger partial charge in [-0.3, -0.25) is 0 Å². The number of rotatable bonds is 3.